The molecule has 0 spiro atoms. The van der Waals surface area contributed by atoms with Crippen molar-refractivity contribution in [3.05, 3.63) is 87.4 Å². The number of carboxylic acid groups (broad SMARTS) is 1. The first kappa shape index (κ1) is 30.0. The summed E-state index contributed by atoms with van der Waals surface area (Å²) in [5.41, 5.74) is 2.82. The van der Waals surface area contributed by atoms with Crippen molar-refractivity contribution in [2.45, 2.75) is 13.8 Å². The quantitative estimate of drug-likeness (QED) is 0.230. The number of hydrazone groups is 1. The summed E-state index contributed by atoms with van der Waals surface area (Å²) in [6, 6.07) is 15.5. The second-order valence-electron chi connectivity index (χ2n) is 8.88. The summed E-state index contributed by atoms with van der Waals surface area (Å²) in [4.78, 5) is 48.6. The Labute approximate surface area is 249 Å². The standard InChI is InChI=1S/C30H26BrN3O8/c1-4-41-30(39)20-5-9-21(10-6-20)32-26(35)16-42-27-24(31)14-18(15-25(27)40-3)13-23-17(2)33-34(28(23)36)22-11-7-19(8-12-22)29(37)38/h5-15H,4,16H2,1-3H3,(H,32,35)(H,37,38)/b23-13-. The first-order valence-electron chi connectivity index (χ1n) is 12.6. The third kappa shape index (κ3) is 6.84. The van der Waals surface area contributed by atoms with Gasteiger partial charge in [0.2, 0.25) is 0 Å². The van der Waals surface area contributed by atoms with Crippen molar-refractivity contribution in [2.75, 3.05) is 30.6 Å². The lowest BCUT2D eigenvalue weighted by atomic mass is 10.1. The lowest BCUT2D eigenvalue weighted by molar-refractivity contribution is -0.118. The van der Waals surface area contributed by atoms with E-state index in [9.17, 15) is 19.2 Å². The van der Waals surface area contributed by atoms with E-state index in [0.29, 0.717) is 44.0 Å². The molecule has 0 bridgehead atoms. The Morgan fingerprint density at radius 3 is 2.33 bits per heavy atom. The molecule has 11 nitrogen and oxygen atoms in total. The van der Waals surface area contributed by atoms with Crippen LogP contribution in [-0.4, -0.2) is 54.9 Å². The molecule has 2 amide bonds. The highest BCUT2D eigenvalue weighted by Gasteiger charge is 2.29. The van der Waals surface area contributed by atoms with Gasteiger partial charge in [0.15, 0.2) is 18.1 Å². The normalized spacial score (nSPS) is 13.5. The second-order valence-corrected chi connectivity index (χ2v) is 9.74. The third-order valence-electron chi connectivity index (χ3n) is 6.01. The number of hydrogen-bond donors (Lipinski definition) is 2. The minimum atomic E-state index is -1.07. The van der Waals surface area contributed by atoms with Crippen LogP contribution in [0.25, 0.3) is 6.08 Å². The molecule has 1 aliphatic rings. The summed E-state index contributed by atoms with van der Waals surface area (Å²) in [6.07, 6.45) is 1.65. The number of rotatable bonds is 10. The maximum Gasteiger partial charge on any atom is 0.338 e. The summed E-state index contributed by atoms with van der Waals surface area (Å²) < 4.78 is 16.7. The first-order valence-corrected chi connectivity index (χ1v) is 13.4. The van der Waals surface area contributed by atoms with Crippen molar-refractivity contribution in [3.63, 3.8) is 0 Å². The Hall–Kier alpha value is -4.97. The van der Waals surface area contributed by atoms with Gasteiger partial charge in [-0.05, 0) is 102 Å². The molecule has 216 valence electrons. The molecule has 42 heavy (non-hydrogen) atoms. The topological polar surface area (TPSA) is 144 Å². The minimum absolute atomic E-state index is 0.100. The SMILES string of the molecule is CCOC(=O)c1ccc(NC(=O)COc2c(Br)cc(/C=C3\C(=O)N(c4ccc(C(=O)O)cc4)N=C3C)cc2OC)cc1. The van der Waals surface area contributed by atoms with E-state index >= 15 is 0 Å². The molecule has 0 fully saturated rings. The molecule has 0 saturated carbocycles. The number of nitrogens with zero attached hydrogens (tertiary/aromatic N) is 2. The van der Waals surface area contributed by atoms with E-state index in [1.54, 1.807) is 56.3 Å². The molecule has 0 unspecified atom stereocenters. The number of carbonyl (C=O) groups is 4. The average Bonchev–Trinajstić information content (AvgIpc) is 3.25. The van der Waals surface area contributed by atoms with E-state index < -0.39 is 17.8 Å². The number of esters is 1. The first-order chi connectivity index (χ1) is 20.1. The summed E-state index contributed by atoms with van der Waals surface area (Å²) >= 11 is 3.45. The largest absolute Gasteiger partial charge is 0.493 e. The molecule has 2 N–H and O–H groups in total. The smallest absolute Gasteiger partial charge is 0.338 e. The van der Waals surface area contributed by atoms with Crippen LogP contribution >= 0.6 is 15.9 Å². The molecule has 4 rings (SSSR count). The van der Waals surface area contributed by atoms with Crippen molar-refractivity contribution in [1.29, 1.82) is 0 Å². The van der Waals surface area contributed by atoms with Gasteiger partial charge in [0.25, 0.3) is 11.8 Å². The number of amides is 2. The van der Waals surface area contributed by atoms with E-state index in [1.165, 1.54) is 36.4 Å². The summed E-state index contributed by atoms with van der Waals surface area (Å²) in [5, 5.41) is 17.3. The van der Waals surface area contributed by atoms with Gasteiger partial charge in [-0.2, -0.15) is 10.1 Å². The molecular formula is C30H26BrN3O8. The molecule has 12 heteroatoms. The maximum absolute atomic E-state index is 13.1. The number of benzene rings is 3. The van der Waals surface area contributed by atoms with Gasteiger partial charge >= 0.3 is 11.9 Å². The van der Waals surface area contributed by atoms with Gasteiger partial charge in [-0.25, -0.2) is 9.59 Å². The Kier molecular flexibility index (Phi) is 9.38. The number of methoxy groups -OCH3 is 1. The van der Waals surface area contributed by atoms with Crippen LogP contribution in [0.15, 0.2) is 75.8 Å². The van der Waals surface area contributed by atoms with Gasteiger partial charge in [0, 0.05) is 5.69 Å². The van der Waals surface area contributed by atoms with Gasteiger partial charge in [-0.15, -0.1) is 0 Å². The van der Waals surface area contributed by atoms with Crippen molar-refractivity contribution in [1.82, 2.24) is 0 Å². The van der Waals surface area contributed by atoms with Gasteiger partial charge in [0.05, 0.1) is 46.3 Å². The number of carboxylic acids is 1. The van der Waals surface area contributed by atoms with Crippen LogP contribution in [0.2, 0.25) is 0 Å². The second kappa shape index (κ2) is 13.1. The number of anilines is 2. The molecule has 0 saturated heterocycles. The Bertz CT molecular complexity index is 1600. The van der Waals surface area contributed by atoms with Crippen LogP contribution < -0.4 is 19.8 Å². The lowest BCUT2D eigenvalue weighted by Gasteiger charge is -2.14. The zero-order valence-corrected chi connectivity index (χ0v) is 24.4. The van der Waals surface area contributed by atoms with Gasteiger partial charge in [-0.3, -0.25) is 9.59 Å². The zero-order valence-electron chi connectivity index (χ0n) is 22.8. The number of carbonyl (C=O) groups excluding carboxylic acids is 3. The zero-order chi connectivity index (χ0) is 30.4. The molecule has 3 aromatic carbocycles. The van der Waals surface area contributed by atoms with Crippen LogP contribution in [0.5, 0.6) is 11.5 Å². The van der Waals surface area contributed by atoms with E-state index in [2.05, 4.69) is 26.3 Å². The highest BCUT2D eigenvalue weighted by molar-refractivity contribution is 9.10. The van der Waals surface area contributed by atoms with E-state index in [0.717, 1.165) is 0 Å². The molecule has 0 aromatic heterocycles. The fourth-order valence-electron chi connectivity index (χ4n) is 3.97. The van der Waals surface area contributed by atoms with E-state index in [4.69, 9.17) is 19.3 Å². The van der Waals surface area contributed by atoms with Gasteiger partial charge < -0.3 is 24.6 Å². The molecule has 0 atom stereocenters. The van der Waals surface area contributed by atoms with Gasteiger partial charge in [0.1, 0.15) is 0 Å². The van der Waals surface area contributed by atoms with E-state index in [1.807, 2.05) is 0 Å². The fourth-order valence-corrected chi connectivity index (χ4v) is 4.55. The van der Waals surface area contributed by atoms with Crippen molar-refractivity contribution in [2.24, 2.45) is 5.10 Å². The molecule has 1 aliphatic heterocycles. The Morgan fingerprint density at radius 1 is 1.05 bits per heavy atom. The fraction of sp³-hybridized carbons (Fsp3) is 0.167. The molecule has 3 aromatic rings. The predicted octanol–water partition coefficient (Wildman–Crippen LogP) is 5.16. The van der Waals surface area contributed by atoms with Crippen molar-refractivity contribution in [3.8, 4) is 11.5 Å². The van der Waals surface area contributed by atoms with Gasteiger partial charge in [-0.1, -0.05) is 0 Å². The van der Waals surface area contributed by atoms with Crippen molar-refractivity contribution < 1.29 is 38.5 Å². The summed E-state index contributed by atoms with van der Waals surface area (Å²) in [5.74, 6) is -1.71. The molecular weight excluding hydrogens is 610 g/mol. The van der Waals surface area contributed by atoms with Crippen LogP contribution in [-0.2, 0) is 14.3 Å². The highest BCUT2D eigenvalue weighted by Crippen LogP contribution is 2.38. The van der Waals surface area contributed by atoms with E-state index in [-0.39, 0.29) is 30.4 Å². The molecule has 0 radical (unpaired) electrons. The monoisotopic (exact) mass is 635 g/mol. The maximum atomic E-state index is 13.1. The Morgan fingerprint density at radius 2 is 1.71 bits per heavy atom. The third-order valence-corrected chi connectivity index (χ3v) is 6.60. The number of halogens is 1. The highest BCUT2D eigenvalue weighted by atomic mass is 79.9. The summed E-state index contributed by atoms with van der Waals surface area (Å²) in [7, 11) is 1.45. The molecule has 1 heterocycles. The predicted molar refractivity (Wildman–Crippen MR) is 159 cm³/mol. The van der Waals surface area contributed by atoms with Crippen LogP contribution in [0.3, 0.4) is 0 Å². The van der Waals surface area contributed by atoms with Crippen LogP contribution in [0.1, 0.15) is 40.1 Å². The summed E-state index contributed by atoms with van der Waals surface area (Å²) in [6.45, 7) is 3.36. The number of hydrogen-bond acceptors (Lipinski definition) is 8. The van der Waals surface area contributed by atoms with Crippen LogP contribution in [0, 0.1) is 0 Å². The minimum Gasteiger partial charge on any atom is -0.493 e. The average molecular weight is 636 g/mol. The number of ether oxygens (including phenoxy) is 3. The van der Waals surface area contributed by atoms with Crippen molar-refractivity contribution >= 4 is 62.8 Å². The molecule has 0 aliphatic carbocycles. The number of aromatic carboxylic acids is 1. The lowest BCUT2D eigenvalue weighted by Crippen LogP contribution is -2.21. The van der Waals surface area contributed by atoms with Crippen LogP contribution in [0.4, 0.5) is 11.4 Å². The number of nitrogens with one attached hydrogen (secondary N) is 1. The Balaban J connectivity index is 1.44.